The number of benzene rings is 3. The van der Waals surface area contributed by atoms with Gasteiger partial charge in [-0.25, -0.2) is 0 Å². The predicted octanol–water partition coefficient (Wildman–Crippen LogP) is 4.30. The predicted molar refractivity (Wildman–Crippen MR) is 108 cm³/mol. The number of carbonyl (C=O) groups is 1. The molecule has 138 valence electrons. The van der Waals surface area contributed by atoms with E-state index in [1.807, 2.05) is 59.5 Å². The number of rotatable bonds is 4. The second-order valence-corrected chi connectivity index (χ2v) is 6.74. The quantitative estimate of drug-likeness (QED) is 0.690. The number of carbonyl (C=O) groups excluding carboxylic acids is 1. The molecule has 0 unspecified atom stereocenters. The van der Waals surface area contributed by atoms with Crippen molar-refractivity contribution in [1.29, 1.82) is 5.26 Å². The number of nitrogens with zero attached hydrogens (tertiary/aromatic N) is 2. The van der Waals surface area contributed by atoms with Gasteiger partial charge in [0.05, 0.1) is 23.7 Å². The van der Waals surface area contributed by atoms with Gasteiger partial charge in [0, 0.05) is 6.54 Å². The van der Waals surface area contributed by atoms with Gasteiger partial charge in [0.2, 0.25) is 0 Å². The van der Waals surface area contributed by atoms with Crippen molar-refractivity contribution < 1.29 is 9.53 Å². The van der Waals surface area contributed by atoms with Crippen LogP contribution in [0.1, 0.15) is 21.5 Å². The monoisotopic (exact) mass is 368 g/mol. The first-order chi connectivity index (χ1) is 13.8. The molecule has 0 bridgehead atoms. The highest BCUT2D eigenvalue weighted by Crippen LogP contribution is 2.31. The van der Waals surface area contributed by atoms with Crippen LogP contribution in [0.15, 0.2) is 72.8 Å². The van der Waals surface area contributed by atoms with E-state index >= 15 is 0 Å². The normalized spacial score (nSPS) is 13.2. The zero-order chi connectivity index (χ0) is 19.3. The van der Waals surface area contributed by atoms with Crippen LogP contribution in [0.2, 0.25) is 0 Å². The Kier molecular flexibility index (Phi) is 5.07. The van der Waals surface area contributed by atoms with Crippen molar-refractivity contribution in [2.24, 2.45) is 0 Å². The largest absolute Gasteiger partial charge is 0.491 e. The van der Waals surface area contributed by atoms with E-state index in [1.165, 1.54) is 5.56 Å². The molecule has 0 aromatic heterocycles. The Hall–Kier alpha value is -3.58. The van der Waals surface area contributed by atoms with Crippen molar-refractivity contribution in [3.05, 3.63) is 89.5 Å². The van der Waals surface area contributed by atoms with Crippen molar-refractivity contribution >= 4 is 5.91 Å². The SMILES string of the molecule is N#Cc1ccccc1-c1ccc2c(c1)OCCN(CCc1ccccc1)C2=O. The molecule has 0 atom stereocenters. The summed E-state index contributed by atoms with van der Waals surface area (Å²) in [5, 5.41) is 9.35. The molecule has 4 nitrogen and oxygen atoms in total. The first-order valence-electron chi connectivity index (χ1n) is 9.36. The van der Waals surface area contributed by atoms with Crippen molar-refractivity contribution in [3.63, 3.8) is 0 Å². The molecule has 28 heavy (non-hydrogen) atoms. The van der Waals surface area contributed by atoms with Gasteiger partial charge < -0.3 is 9.64 Å². The van der Waals surface area contributed by atoms with E-state index < -0.39 is 0 Å². The number of ether oxygens (including phenoxy) is 1. The topological polar surface area (TPSA) is 53.3 Å². The summed E-state index contributed by atoms with van der Waals surface area (Å²) in [6.07, 6.45) is 0.815. The fourth-order valence-electron chi connectivity index (χ4n) is 3.48. The van der Waals surface area contributed by atoms with E-state index in [0.29, 0.717) is 36.6 Å². The number of amides is 1. The molecule has 0 fully saturated rings. The van der Waals surface area contributed by atoms with Crippen LogP contribution in [0, 0.1) is 11.3 Å². The molecule has 1 amide bonds. The lowest BCUT2D eigenvalue weighted by Crippen LogP contribution is -2.34. The molecular weight excluding hydrogens is 348 g/mol. The van der Waals surface area contributed by atoms with Gasteiger partial charge in [-0.15, -0.1) is 0 Å². The molecule has 1 aliphatic heterocycles. The zero-order valence-electron chi connectivity index (χ0n) is 15.5. The van der Waals surface area contributed by atoms with E-state index in [2.05, 4.69) is 18.2 Å². The first kappa shape index (κ1) is 17.8. The first-order valence-corrected chi connectivity index (χ1v) is 9.36. The standard InChI is InChI=1S/C24H20N2O2/c25-17-20-8-4-5-9-21(20)19-10-11-22-23(16-19)28-15-14-26(24(22)27)13-12-18-6-2-1-3-7-18/h1-11,16H,12-15H2. The third-order valence-corrected chi connectivity index (χ3v) is 4.99. The third-order valence-electron chi connectivity index (χ3n) is 4.99. The molecule has 0 saturated heterocycles. The highest BCUT2D eigenvalue weighted by molar-refractivity contribution is 5.98. The van der Waals surface area contributed by atoms with Gasteiger partial charge in [-0.1, -0.05) is 54.6 Å². The highest BCUT2D eigenvalue weighted by Gasteiger charge is 2.24. The summed E-state index contributed by atoms with van der Waals surface area (Å²) in [4.78, 5) is 14.9. The average molecular weight is 368 g/mol. The smallest absolute Gasteiger partial charge is 0.257 e. The second kappa shape index (κ2) is 7.98. The summed E-state index contributed by atoms with van der Waals surface area (Å²) in [5.74, 6) is 0.570. The number of hydrogen-bond donors (Lipinski definition) is 0. The lowest BCUT2D eigenvalue weighted by molar-refractivity contribution is 0.0757. The molecule has 4 rings (SSSR count). The van der Waals surface area contributed by atoms with E-state index in [9.17, 15) is 10.1 Å². The van der Waals surface area contributed by atoms with Crippen LogP contribution in [0.25, 0.3) is 11.1 Å². The summed E-state index contributed by atoms with van der Waals surface area (Å²) in [6.45, 7) is 1.67. The molecule has 1 aliphatic rings. The number of hydrogen-bond acceptors (Lipinski definition) is 3. The van der Waals surface area contributed by atoms with Crippen LogP contribution in [0.5, 0.6) is 5.75 Å². The van der Waals surface area contributed by atoms with Crippen LogP contribution < -0.4 is 4.74 Å². The van der Waals surface area contributed by atoms with Gasteiger partial charge in [-0.2, -0.15) is 5.26 Å². The molecule has 0 aliphatic carbocycles. The van der Waals surface area contributed by atoms with E-state index in [4.69, 9.17) is 4.74 Å². The van der Waals surface area contributed by atoms with Crippen molar-refractivity contribution in [2.75, 3.05) is 19.7 Å². The van der Waals surface area contributed by atoms with Crippen LogP contribution in [0.3, 0.4) is 0 Å². The molecule has 0 spiro atoms. The lowest BCUT2D eigenvalue weighted by atomic mass is 9.98. The minimum atomic E-state index is -0.0106. The van der Waals surface area contributed by atoms with E-state index in [1.54, 1.807) is 6.07 Å². The van der Waals surface area contributed by atoms with E-state index in [0.717, 1.165) is 17.5 Å². The van der Waals surface area contributed by atoms with Gasteiger partial charge in [0.1, 0.15) is 12.4 Å². The molecule has 1 heterocycles. The number of fused-ring (bicyclic) bond motifs is 1. The van der Waals surface area contributed by atoms with Gasteiger partial charge in [0.25, 0.3) is 5.91 Å². The van der Waals surface area contributed by atoms with E-state index in [-0.39, 0.29) is 5.91 Å². The molecule has 3 aromatic rings. The maximum atomic E-state index is 13.0. The summed E-state index contributed by atoms with van der Waals surface area (Å²) in [5.41, 5.74) is 4.11. The fourth-order valence-corrected chi connectivity index (χ4v) is 3.48. The zero-order valence-corrected chi connectivity index (χ0v) is 15.5. The summed E-state index contributed by atoms with van der Waals surface area (Å²) in [6, 6.07) is 25.4. The Morgan fingerprint density at radius 2 is 1.75 bits per heavy atom. The van der Waals surface area contributed by atoms with Crippen molar-refractivity contribution in [3.8, 4) is 22.9 Å². The molecular formula is C24H20N2O2. The Morgan fingerprint density at radius 1 is 0.964 bits per heavy atom. The maximum absolute atomic E-state index is 13.0. The minimum absolute atomic E-state index is 0.0106. The molecule has 4 heteroatoms. The van der Waals surface area contributed by atoms with Crippen LogP contribution in [-0.4, -0.2) is 30.5 Å². The summed E-state index contributed by atoms with van der Waals surface area (Å²) < 4.78 is 5.89. The second-order valence-electron chi connectivity index (χ2n) is 6.74. The fraction of sp³-hybridized carbons (Fsp3) is 0.167. The molecule has 0 radical (unpaired) electrons. The third kappa shape index (κ3) is 3.60. The number of nitriles is 1. The van der Waals surface area contributed by atoms with Crippen molar-refractivity contribution in [1.82, 2.24) is 4.90 Å². The Labute approximate surface area is 164 Å². The Morgan fingerprint density at radius 3 is 2.57 bits per heavy atom. The maximum Gasteiger partial charge on any atom is 0.257 e. The molecule has 3 aromatic carbocycles. The molecule has 0 N–H and O–H groups in total. The lowest BCUT2D eigenvalue weighted by Gasteiger charge is -2.20. The summed E-state index contributed by atoms with van der Waals surface area (Å²) >= 11 is 0. The van der Waals surface area contributed by atoms with Crippen molar-refractivity contribution in [2.45, 2.75) is 6.42 Å². The Bertz CT molecular complexity index is 1040. The summed E-state index contributed by atoms with van der Waals surface area (Å²) in [7, 11) is 0. The Balaban J connectivity index is 1.58. The van der Waals surface area contributed by atoms with Gasteiger partial charge in [0.15, 0.2) is 0 Å². The van der Waals surface area contributed by atoms with Gasteiger partial charge in [-0.05, 0) is 41.3 Å². The highest BCUT2D eigenvalue weighted by atomic mass is 16.5. The van der Waals surface area contributed by atoms with Crippen LogP contribution >= 0.6 is 0 Å². The molecule has 0 saturated carbocycles. The average Bonchev–Trinajstić information content (AvgIpc) is 2.91. The van der Waals surface area contributed by atoms with Crippen LogP contribution in [0.4, 0.5) is 0 Å². The van der Waals surface area contributed by atoms with Gasteiger partial charge in [-0.3, -0.25) is 4.79 Å². The van der Waals surface area contributed by atoms with Crippen LogP contribution in [-0.2, 0) is 6.42 Å². The van der Waals surface area contributed by atoms with Gasteiger partial charge >= 0.3 is 0 Å². The minimum Gasteiger partial charge on any atom is -0.491 e.